The van der Waals surface area contributed by atoms with Gasteiger partial charge in [0.2, 0.25) is 0 Å². The van der Waals surface area contributed by atoms with Crippen molar-refractivity contribution in [1.29, 1.82) is 0 Å². The van der Waals surface area contributed by atoms with Crippen molar-refractivity contribution >= 4 is 35.6 Å². The maximum atomic E-state index is 5.99. The highest BCUT2D eigenvalue weighted by Gasteiger charge is 2.32. The molecule has 3 N–H and O–H groups in total. The molecule has 6 heteroatoms. The largest absolute Gasteiger partial charge is 0.373 e. The number of hydrogen-bond donors (Lipinski definition) is 2. The molecular weight excluding hydrogens is 403 g/mol. The van der Waals surface area contributed by atoms with Gasteiger partial charge in [-0.3, -0.25) is 9.89 Å². The number of nitrogens with two attached hydrogens (primary N) is 1. The van der Waals surface area contributed by atoms with Crippen LogP contribution in [0.4, 0.5) is 5.69 Å². The molecule has 1 aromatic carbocycles. The van der Waals surface area contributed by atoms with Crippen LogP contribution in [0.2, 0.25) is 0 Å². The molecule has 2 unspecified atom stereocenters. The second-order valence-corrected chi connectivity index (χ2v) is 6.67. The van der Waals surface area contributed by atoms with E-state index in [1.165, 1.54) is 0 Å². The molecular formula is C17H29IN4O. The number of nitrogens with zero attached hydrogens (tertiary/aromatic N) is 2. The molecule has 2 rings (SSSR count). The molecule has 1 aliphatic rings. The van der Waals surface area contributed by atoms with Gasteiger partial charge in [-0.25, -0.2) is 0 Å². The lowest BCUT2D eigenvalue weighted by atomic mass is 10.0. The maximum absolute atomic E-state index is 5.99. The zero-order chi connectivity index (χ0) is 16.2. The van der Waals surface area contributed by atoms with Crippen molar-refractivity contribution in [2.75, 3.05) is 25.0 Å². The van der Waals surface area contributed by atoms with Crippen LogP contribution in [-0.4, -0.2) is 48.2 Å². The third-order valence-electron chi connectivity index (χ3n) is 3.96. The summed E-state index contributed by atoms with van der Waals surface area (Å²) in [6.07, 6.45) is 0.513. The Hall–Kier alpha value is -0.860. The van der Waals surface area contributed by atoms with Crippen LogP contribution >= 0.6 is 24.0 Å². The SMILES string of the molecule is CC1CN(C(C)(C)CN=C(N)Nc2ccccc2)CC(C)O1.I. The Morgan fingerprint density at radius 3 is 2.39 bits per heavy atom. The van der Waals surface area contributed by atoms with E-state index >= 15 is 0 Å². The van der Waals surface area contributed by atoms with Gasteiger partial charge in [0.05, 0.1) is 18.8 Å². The van der Waals surface area contributed by atoms with Gasteiger partial charge >= 0.3 is 0 Å². The first-order chi connectivity index (χ1) is 10.4. The number of ether oxygens (including phenoxy) is 1. The third-order valence-corrected chi connectivity index (χ3v) is 3.96. The van der Waals surface area contributed by atoms with E-state index in [4.69, 9.17) is 10.5 Å². The number of aliphatic imine (C=N–C) groups is 1. The minimum absolute atomic E-state index is 0. The average molecular weight is 432 g/mol. The molecule has 1 aromatic rings. The number of benzene rings is 1. The van der Waals surface area contributed by atoms with Gasteiger partial charge in [-0.1, -0.05) is 18.2 Å². The number of halogens is 1. The number of nitrogens with one attached hydrogen (secondary N) is 1. The highest BCUT2D eigenvalue weighted by molar-refractivity contribution is 14.0. The Balaban J connectivity index is 0.00000264. The van der Waals surface area contributed by atoms with Gasteiger partial charge < -0.3 is 15.8 Å². The lowest BCUT2D eigenvalue weighted by molar-refractivity contribution is -0.0939. The summed E-state index contributed by atoms with van der Waals surface area (Å²) < 4.78 is 5.80. The van der Waals surface area contributed by atoms with E-state index in [1.807, 2.05) is 30.3 Å². The second-order valence-electron chi connectivity index (χ2n) is 6.67. The van der Waals surface area contributed by atoms with E-state index < -0.39 is 0 Å². The molecule has 23 heavy (non-hydrogen) atoms. The maximum Gasteiger partial charge on any atom is 0.193 e. The fourth-order valence-corrected chi connectivity index (χ4v) is 2.76. The van der Waals surface area contributed by atoms with Crippen LogP contribution in [-0.2, 0) is 4.74 Å². The van der Waals surface area contributed by atoms with Gasteiger partial charge in [0, 0.05) is 24.3 Å². The first-order valence-corrected chi connectivity index (χ1v) is 7.89. The minimum atomic E-state index is -0.0463. The van der Waals surface area contributed by atoms with E-state index in [-0.39, 0.29) is 41.7 Å². The lowest BCUT2D eigenvalue weighted by Gasteiger charge is -2.44. The Bertz CT molecular complexity index is 497. The molecule has 130 valence electrons. The Labute approximate surface area is 156 Å². The topological polar surface area (TPSA) is 62.9 Å². The first-order valence-electron chi connectivity index (χ1n) is 7.89. The highest BCUT2D eigenvalue weighted by Crippen LogP contribution is 2.21. The van der Waals surface area contributed by atoms with Gasteiger partial charge in [-0.05, 0) is 39.8 Å². The highest BCUT2D eigenvalue weighted by atomic mass is 127. The Morgan fingerprint density at radius 2 is 1.83 bits per heavy atom. The molecule has 0 aliphatic carbocycles. The van der Waals surface area contributed by atoms with Crippen LogP contribution in [0.5, 0.6) is 0 Å². The normalized spacial score (nSPS) is 23.2. The van der Waals surface area contributed by atoms with E-state index in [0.29, 0.717) is 12.5 Å². The summed E-state index contributed by atoms with van der Waals surface area (Å²) in [7, 11) is 0. The lowest BCUT2D eigenvalue weighted by Crippen LogP contribution is -2.56. The molecule has 0 saturated carbocycles. The number of guanidine groups is 1. The molecule has 5 nitrogen and oxygen atoms in total. The van der Waals surface area contributed by atoms with Crippen LogP contribution < -0.4 is 11.1 Å². The van der Waals surface area contributed by atoms with E-state index in [1.54, 1.807) is 0 Å². The molecule has 0 bridgehead atoms. The standard InChI is InChI=1S/C17H28N4O.HI/c1-13-10-21(11-14(2)22-13)17(3,4)12-19-16(18)20-15-8-6-5-7-9-15;/h5-9,13-14H,10-12H2,1-4H3,(H3,18,19,20);1H. The van der Waals surface area contributed by atoms with E-state index in [9.17, 15) is 0 Å². The fourth-order valence-electron chi connectivity index (χ4n) is 2.76. The zero-order valence-electron chi connectivity index (χ0n) is 14.5. The monoisotopic (exact) mass is 432 g/mol. The van der Waals surface area contributed by atoms with Crippen molar-refractivity contribution in [1.82, 2.24) is 4.90 Å². The predicted octanol–water partition coefficient (Wildman–Crippen LogP) is 2.92. The second kappa shape index (κ2) is 8.84. The predicted molar refractivity (Wildman–Crippen MR) is 108 cm³/mol. The molecule has 0 amide bonds. The average Bonchev–Trinajstić information content (AvgIpc) is 2.45. The summed E-state index contributed by atoms with van der Waals surface area (Å²) in [6, 6.07) is 9.85. The number of rotatable bonds is 4. The van der Waals surface area contributed by atoms with Gasteiger partial charge in [-0.2, -0.15) is 0 Å². The van der Waals surface area contributed by atoms with Crippen molar-refractivity contribution in [3.05, 3.63) is 30.3 Å². The molecule has 1 heterocycles. The van der Waals surface area contributed by atoms with Crippen LogP contribution in [0.3, 0.4) is 0 Å². The van der Waals surface area contributed by atoms with Gasteiger partial charge in [-0.15, -0.1) is 24.0 Å². The summed E-state index contributed by atoms with van der Waals surface area (Å²) in [4.78, 5) is 6.95. The molecule has 0 aromatic heterocycles. The molecule has 1 aliphatic heterocycles. The van der Waals surface area contributed by atoms with Crippen LogP contribution in [0.15, 0.2) is 35.3 Å². The summed E-state index contributed by atoms with van der Waals surface area (Å²) in [5.41, 5.74) is 6.90. The van der Waals surface area contributed by atoms with Crippen molar-refractivity contribution < 1.29 is 4.74 Å². The fraction of sp³-hybridized carbons (Fsp3) is 0.588. The van der Waals surface area contributed by atoms with Gasteiger partial charge in [0.15, 0.2) is 5.96 Å². The zero-order valence-corrected chi connectivity index (χ0v) is 16.8. The summed E-state index contributed by atoms with van der Waals surface area (Å²) >= 11 is 0. The smallest absolute Gasteiger partial charge is 0.193 e. The van der Waals surface area contributed by atoms with Crippen molar-refractivity contribution in [3.8, 4) is 0 Å². The van der Waals surface area contributed by atoms with Crippen molar-refractivity contribution in [3.63, 3.8) is 0 Å². The van der Waals surface area contributed by atoms with Gasteiger partial charge in [0.25, 0.3) is 0 Å². The summed E-state index contributed by atoms with van der Waals surface area (Å²) in [6.45, 7) is 11.2. The number of anilines is 1. The molecule has 1 fully saturated rings. The molecule has 1 saturated heterocycles. The van der Waals surface area contributed by atoms with Crippen molar-refractivity contribution in [2.24, 2.45) is 10.7 Å². The number of hydrogen-bond acceptors (Lipinski definition) is 3. The van der Waals surface area contributed by atoms with Crippen LogP contribution in [0, 0.1) is 0 Å². The van der Waals surface area contributed by atoms with Crippen molar-refractivity contribution in [2.45, 2.75) is 45.4 Å². The van der Waals surface area contributed by atoms with E-state index in [2.05, 4.69) is 42.9 Å². The molecule has 2 atom stereocenters. The summed E-state index contributed by atoms with van der Waals surface area (Å²) in [5.74, 6) is 0.452. The number of para-hydroxylation sites is 1. The van der Waals surface area contributed by atoms with Crippen LogP contribution in [0.25, 0.3) is 0 Å². The minimum Gasteiger partial charge on any atom is -0.373 e. The quantitative estimate of drug-likeness (QED) is 0.437. The number of morpholine rings is 1. The first kappa shape index (κ1) is 20.2. The van der Waals surface area contributed by atoms with Gasteiger partial charge in [0.1, 0.15) is 0 Å². The van der Waals surface area contributed by atoms with E-state index in [0.717, 1.165) is 18.8 Å². The Kier molecular flexibility index (Phi) is 7.76. The molecule has 0 spiro atoms. The summed E-state index contributed by atoms with van der Waals surface area (Å²) in [5, 5.41) is 3.12. The third kappa shape index (κ3) is 6.27. The Morgan fingerprint density at radius 1 is 1.26 bits per heavy atom. The molecule has 0 radical (unpaired) electrons. The van der Waals surface area contributed by atoms with Crippen LogP contribution in [0.1, 0.15) is 27.7 Å².